The van der Waals surface area contributed by atoms with Crippen molar-refractivity contribution in [2.45, 2.75) is 0 Å². The van der Waals surface area contributed by atoms with Crippen LogP contribution in [0.3, 0.4) is 0 Å². The van der Waals surface area contributed by atoms with Gasteiger partial charge in [0, 0.05) is 18.0 Å². The maximum atomic E-state index is 5.55. The van der Waals surface area contributed by atoms with Gasteiger partial charge >= 0.3 is 0 Å². The Hall–Kier alpha value is -1.53. The first-order valence-corrected chi connectivity index (χ1v) is 4.02. The van der Waals surface area contributed by atoms with Crippen molar-refractivity contribution in [2.75, 3.05) is 26.4 Å². The quantitative estimate of drug-likeness (QED) is 0.635. The molecule has 0 aromatic carbocycles. The predicted molar refractivity (Wildman–Crippen MR) is 54.1 cm³/mol. The van der Waals surface area contributed by atoms with Crippen LogP contribution >= 0.6 is 0 Å². The fourth-order valence-electron chi connectivity index (χ4n) is 0.826. The second-order valence-electron chi connectivity index (χ2n) is 3.05. The van der Waals surface area contributed by atoms with E-state index in [-0.39, 0.29) is 0 Å². The van der Waals surface area contributed by atoms with Crippen molar-refractivity contribution >= 4 is 5.69 Å². The smallest absolute Gasteiger partial charge is 0.0600 e. The lowest BCUT2D eigenvalue weighted by molar-refractivity contribution is 0.464. The Balaban J connectivity index is 2.66. The fourth-order valence-corrected chi connectivity index (χ4v) is 0.826. The zero-order valence-corrected chi connectivity index (χ0v) is 7.91. The summed E-state index contributed by atoms with van der Waals surface area (Å²) in [5, 5.41) is 0. The van der Waals surface area contributed by atoms with Crippen LogP contribution in [0.1, 0.15) is 5.56 Å². The highest BCUT2D eigenvalue weighted by Gasteiger charge is 1.88. The number of rotatable bonds is 1. The molecular formula is C10H13N3. The van der Waals surface area contributed by atoms with Crippen molar-refractivity contribution in [3.8, 4) is 11.8 Å². The Labute approximate surface area is 78.6 Å². The van der Waals surface area contributed by atoms with Crippen molar-refractivity contribution in [1.82, 2.24) is 9.88 Å². The molecule has 1 heterocycles. The molecule has 1 aromatic rings. The van der Waals surface area contributed by atoms with Crippen LogP contribution in [0.25, 0.3) is 0 Å². The molecule has 0 fully saturated rings. The predicted octanol–water partition coefficient (Wildman–Crippen LogP) is 0.577. The molecular weight excluding hydrogens is 162 g/mol. The molecule has 0 radical (unpaired) electrons. The van der Waals surface area contributed by atoms with Gasteiger partial charge in [-0.1, -0.05) is 11.8 Å². The lowest BCUT2D eigenvalue weighted by atomic mass is 10.3. The molecule has 0 aliphatic rings. The number of pyridine rings is 1. The van der Waals surface area contributed by atoms with E-state index in [4.69, 9.17) is 5.73 Å². The SMILES string of the molecule is CN(C)CC#Cc1cncc(N)c1. The zero-order valence-electron chi connectivity index (χ0n) is 7.91. The normalized spacial score (nSPS) is 9.46. The summed E-state index contributed by atoms with van der Waals surface area (Å²) < 4.78 is 0. The lowest BCUT2D eigenvalue weighted by Gasteiger charge is -2.00. The van der Waals surface area contributed by atoms with Gasteiger partial charge < -0.3 is 5.73 Å². The summed E-state index contributed by atoms with van der Waals surface area (Å²) in [6, 6.07) is 1.82. The molecule has 0 aliphatic heterocycles. The highest BCUT2D eigenvalue weighted by atomic mass is 15.0. The van der Waals surface area contributed by atoms with Crippen molar-refractivity contribution in [3.05, 3.63) is 24.0 Å². The largest absolute Gasteiger partial charge is 0.397 e. The third-order valence-electron chi connectivity index (χ3n) is 1.39. The van der Waals surface area contributed by atoms with Gasteiger partial charge in [-0.25, -0.2) is 0 Å². The maximum Gasteiger partial charge on any atom is 0.0600 e. The number of nitrogens with zero attached hydrogens (tertiary/aromatic N) is 2. The molecule has 0 saturated heterocycles. The van der Waals surface area contributed by atoms with E-state index in [2.05, 4.69) is 16.8 Å². The van der Waals surface area contributed by atoms with E-state index in [1.807, 2.05) is 25.1 Å². The van der Waals surface area contributed by atoms with Gasteiger partial charge in [0.15, 0.2) is 0 Å². The molecule has 1 rings (SSSR count). The van der Waals surface area contributed by atoms with E-state index in [0.29, 0.717) is 5.69 Å². The number of nitrogens with two attached hydrogens (primary N) is 1. The van der Waals surface area contributed by atoms with Crippen LogP contribution in [0.2, 0.25) is 0 Å². The Morgan fingerprint density at radius 3 is 2.85 bits per heavy atom. The van der Waals surface area contributed by atoms with E-state index >= 15 is 0 Å². The summed E-state index contributed by atoms with van der Waals surface area (Å²) in [6.07, 6.45) is 3.32. The van der Waals surface area contributed by atoms with Gasteiger partial charge in [-0.05, 0) is 20.2 Å². The number of hydrogen-bond acceptors (Lipinski definition) is 3. The van der Waals surface area contributed by atoms with E-state index in [9.17, 15) is 0 Å². The first kappa shape index (κ1) is 9.56. The Kier molecular flexibility index (Phi) is 3.30. The van der Waals surface area contributed by atoms with Crippen LogP contribution in [0, 0.1) is 11.8 Å². The van der Waals surface area contributed by atoms with Gasteiger partial charge in [0.2, 0.25) is 0 Å². The molecule has 2 N–H and O–H groups in total. The zero-order chi connectivity index (χ0) is 9.68. The Morgan fingerprint density at radius 1 is 1.46 bits per heavy atom. The van der Waals surface area contributed by atoms with E-state index in [0.717, 1.165) is 12.1 Å². The summed E-state index contributed by atoms with van der Waals surface area (Å²) in [7, 11) is 3.96. The van der Waals surface area contributed by atoms with Crippen LogP contribution in [-0.2, 0) is 0 Å². The first-order chi connectivity index (χ1) is 6.18. The second-order valence-corrected chi connectivity index (χ2v) is 3.05. The third kappa shape index (κ3) is 3.59. The molecule has 0 saturated carbocycles. The molecule has 0 unspecified atom stereocenters. The highest BCUT2D eigenvalue weighted by molar-refractivity contribution is 5.44. The van der Waals surface area contributed by atoms with Gasteiger partial charge in [0.25, 0.3) is 0 Å². The van der Waals surface area contributed by atoms with E-state index in [1.54, 1.807) is 12.4 Å². The van der Waals surface area contributed by atoms with Gasteiger partial charge in [-0.15, -0.1) is 0 Å². The molecule has 0 spiro atoms. The van der Waals surface area contributed by atoms with Crippen molar-refractivity contribution < 1.29 is 0 Å². The lowest BCUT2D eigenvalue weighted by Crippen LogP contribution is -2.10. The second kappa shape index (κ2) is 4.48. The Morgan fingerprint density at radius 2 is 2.23 bits per heavy atom. The number of anilines is 1. The monoisotopic (exact) mass is 175 g/mol. The van der Waals surface area contributed by atoms with Crippen molar-refractivity contribution in [2.24, 2.45) is 0 Å². The molecule has 0 bridgehead atoms. The molecule has 3 heteroatoms. The van der Waals surface area contributed by atoms with E-state index in [1.165, 1.54) is 0 Å². The minimum absolute atomic E-state index is 0.650. The van der Waals surface area contributed by atoms with Gasteiger partial charge in [0.1, 0.15) is 0 Å². The van der Waals surface area contributed by atoms with Crippen LogP contribution < -0.4 is 5.73 Å². The molecule has 0 amide bonds. The van der Waals surface area contributed by atoms with Crippen molar-refractivity contribution in [1.29, 1.82) is 0 Å². The number of nitrogen functional groups attached to an aromatic ring is 1. The average Bonchev–Trinajstić information content (AvgIpc) is 2.03. The maximum absolute atomic E-state index is 5.55. The minimum Gasteiger partial charge on any atom is -0.397 e. The van der Waals surface area contributed by atoms with Gasteiger partial charge in [-0.2, -0.15) is 0 Å². The molecule has 3 nitrogen and oxygen atoms in total. The van der Waals surface area contributed by atoms with Crippen LogP contribution in [0.5, 0.6) is 0 Å². The summed E-state index contributed by atoms with van der Waals surface area (Å²) in [5.41, 5.74) is 7.06. The minimum atomic E-state index is 0.650. The summed E-state index contributed by atoms with van der Waals surface area (Å²) in [4.78, 5) is 5.95. The van der Waals surface area contributed by atoms with Gasteiger partial charge in [-0.3, -0.25) is 9.88 Å². The van der Waals surface area contributed by atoms with Gasteiger partial charge in [0.05, 0.1) is 12.2 Å². The van der Waals surface area contributed by atoms with Crippen LogP contribution in [0.4, 0.5) is 5.69 Å². The first-order valence-electron chi connectivity index (χ1n) is 4.02. The number of hydrogen-bond donors (Lipinski definition) is 1. The average molecular weight is 175 g/mol. The third-order valence-corrected chi connectivity index (χ3v) is 1.39. The molecule has 68 valence electrons. The Bertz CT molecular complexity index is 334. The standard InChI is InChI=1S/C10H13N3/c1-13(2)5-3-4-9-6-10(11)8-12-7-9/h6-8H,5,11H2,1-2H3. The highest BCUT2D eigenvalue weighted by Crippen LogP contribution is 2.01. The van der Waals surface area contributed by atoms with Crippen molar-refractivity contribution in [3.63, 3.8) is 0 Å². The van der Waals surface area contributed by atoms with Crippen LogP contribution in [-0.4, -0.2) is 30.5 Å². The molecule has 0 aliphatic carbocycles. The number of aromatic nitrogens is 1. The summed E-state index contributed by atoms with van der Waals surface area (Å²) >= 11 is 0. The fraction of sp³-hybridized carbons (Fsp3) is 0.300. The summed E-state index contributed by atoms with van der Waals surface area (Å²) in [5.74, 6) is 5.99. The molecule has 1 aromatic heterocycles. The van der Waals surface area contributed by atoms with E-state index < -0.39 is 0 Å². The topological polar surface area (TPSA) is 42.2 Å². The summed E-state index contributed by atoms with van der Waals surface area (Å²) in [6.45, 7) is 0.745. The molecule has 13 heavy (non-hydrogen) atoms. The molecule has 0 atom stereocenters. The van der Waals surface area contributed by atoms with Crippen LogP contribution in [0.15, 0.2) is 18.5 Å².